The van der Waals surface area contributed by atoms with Gasteiger partial charge in [0.25, 0.3) is 0 Å². The highest BCUT2D eigenvalue weighted by Gasteiger charge is 2.59. The van der Waals surface area contributed by atoms with Gasteiger partial charge in [-0.25, -0.2) is 9.59 Å². The van der Waals surface area contributed by atoms with Crippen LogP contribution in [0.5, 0.6) is 0 Å². The van der Waals surface area contributed by atoms with Crippen LogP contribution in [0.1, 0.15) is 95.3 Å². The van der Waals surface area contributed by atoms with Gasteiger partial charge in [-0.3, -0.25) is 0 Å². The molecule has 0 aliphatic heterocycles. The molecule has 4 heteroatoms. The van der Waals surface area contributed by atoms with Crippen LogP contribution in [0, 0.1) is 40.4 Å². The molecule has 4 nitrogen and oxygen atoms in total. The first kappa shape index (κ1) is 27.2. The smallest absolute Gasteiger partial charge is 0.347 e. The second-order valence-electron chi connectivity index (χ2n) is 13.1. The Morgan fingerprint density at radius 3 is 2.63 bits per heavy atom. The minimum absolute atomic E-state index is 0.118. The number of hydrogen-bond acceptors (Lipinski definition) is 4. The molecule has 38 heavy (non-hydrogen) atoms. The first-order chi connectivity index (χ1) is 18.3. The van der Waals surface area contributed by atoms with Crippen LogP contribution in [0.4, 0.5) is 0 Å². The Morgan fingerprint density at radius 2 is 1.87 bits per heavy atom. The van der Waals surface area contributed by atoms with Crippen molar-refractivity contribution in [1.29, 1.82) is 0 Å². The molecule has 1 aromatic rings. The molecular weight excluding hydrogens is 472 g/mol. The number of rotatable bonds is 8. The summed E-state index contributed by atoms with van der Waals surface area (Å²) in [7, 11) is 0. The number of esters is 2. The van der Waals surface area contributed by atoms with Crippen LogP contribution in [0.15, 0.2) is 54.6 Å². The third-order valence-electron chi connectivity index (χ3n) is 11.2. The van der Waals surface area contributed by atoms with Gasteiger partial charge >= 0.3 is 11.9 Å². The first-order valence-corrected chi connectivity index (χ1v) is 15.0. The maximum absolute atomic E-state index is 13.0. The third-order valence-corrected chi connectivity index (χ3v) is 11.2. The topological polar surface area (TPSA) is 52.6 Å². The maximum atomic E-state index is 13.0. The van der Waals surface area contributed by atoms with Gasteiger partial charge in [0.2, 0.25) is 0 Å². The van der Waals surface area contributed by atoms with E-state index < -0.39 is 18.0 Å². The third kappa shape index (κ3) is 4.89. The van der Waals surface area contributed by atoms with Gasteiger partial charge in [-0.2, -0.15) is 0 Å². The van der Waals surface area contributed by atoms with Gasteiger partial charge in [-0.1, -0.05) is 69.7 Å². The Kier molecular flexibility index (Phi) is 7.89. The zero-order chi connectivity index (χ0) is 26.9. The fourth-order valence-corrected chi connectivity index (χ4v) is 9.37. The number of carbonyl (C=O) groups is 2. The molecule has 5 rings (SSSR count). The van der Waals surface area contributed by atoms with E-state index in [4.69, 9.17) is 9.47 Å². The first-order valence-electron chi connectivity index (χ1n) is 15.0. The number of ether oxygens (including phenoxy) is 2. The van der Waals surface area contributed by atoms with Gasteiger partial charge in [0, 0.05) is 0 Å². The van der Waals surface area contributed by atoms with E-state index in [0.717, 1.165) is 17.8 Å². The van der Waals surface area contributed by atoms with Crippen molar-refractivity contribution in [1.82, 2.24) is 0 Å². The van der Waals surface area contributed by atoms with Gasteiger partial charge in [-0.05, 0) is 110 Å². The van der Waals surface area contributed by atoms with Crippen molar-refractivity contribution in [2.45, 2.75) is 91.1 Å². The van der Waals surface area contributed by atoms with Gasteiger partial charge in [0.05, 0.1) is 5.56 Å². The highest BCUT2D eigenvalue weighted by atomic mass is 16.6. The van der Waals surface area contributed by atoms with Gasteiger partial charge in [0.15, 0.2) is 6.10 Å². The van der Waals surface area contributed by atoms with Crippen LogP contribution in [-0.4, -0.2) is 24.6 Å². The summed E-state index contributed by atoms with van der Waals surface area (Å²) in [5.74, 6) is 2.17. The zero-order valence-corrected chi connectivity index (χ0v) is 23.6. The molecule has 0 heterocycles. The summed E-state index contributed by atoms with van der Waals surface area (Å²) in [6.45, 7) is 11.1. The van der Waals surface area contributed by atoms with Crippen molar-refractivity contribution < 1.29 is 19.1 Å². The molecule has 2 unspecified atom stereocenters. The monoisotopic (exact) mass is 518 g/mol. The largest absolute Gasteiger partial charge is 0.459 e. The van der Waals surface area contributed by atoms with E-state index in [0.29, 0.717) is 23.3 Å². The summed E-state index contributed by atoms with van der Waals surface area (Å²) >= 11 is 0. The summed E-state index contributed by atoms with van der Waals surface area (Å²) in [6, 6.07) is 8.90. The molecule has 0 saturated heterocycles. The van der Waals surface area contributed by atoms with Gasteiger partial charge in [0.1, 0.15) is 6.61 Å². The highest BCUT2D eigenvalue weighted by molar-refractivity contribution is 5.91. The number of benzene rings is 1. The summed E-state index contributed by atoms with van der Waals surface area (Å²) in [5.41, 5.74) is 2.90. The van der Waals surface area contributed by atoms with Crippen LogP contribution >= 0.6 is 0 Å². The average Bonchev–Trinajstić information content (AvgIpc) is 3.28. The Bertz CT molecular complexity index is 1060. The molecule has 1 aromatic carbocycles. The van der Waals surface area contributed by atoms with E-state index in [1.54, 1.807) is 35.9 Å². The fourth-order valence-electron chi connectivity index (χ4n) is 9.37. The molecule has 0 spiro atoms. The second kappa shape index (κ2) is 11.0. The van der Waals surface area contributed by atoms with Crippen LogP contribution in [-0.2, 0) is 14.3 Å². The van der Waals surface area contributed by atoms with E-state index in [9.17, 15) is 9.59 Å². The molecule has 0 aromatic heterocycles. The van der Waals surface area contributed by atoms with Gasteiger partial charge < -0.3 is 9.47 Å². The predicted molar refractivity (Wildman–Crippen MR) is 150 cm³/mol. The molecule has 0 radical (unpaired) electrons. The Labute approximate surface area is 229 Å². The van der Waals surface area contributed by atoms with Crippen molar-refractivity contribution in [3.8, 4) is 0 Å². The summed E-state index contributed by atoms with van der Waals surface area (Å²) in [4.78, 5) is 25.9. The molecular formula is C34H46O4. The fraction of sp³-hybridized carbons (Fsp3) is 0.647. The molecule has 0 N–H and O–H groups in total. The lowest BCUT2D eigenvalue weighted by Gasteiger charge is -2.58. The van der Waals surface area contributed by atoms with Crippen molar-refractivity contribution in [3.63, 3.8) is 0 Å². The normalized spacial score (nSPS) is 35.5. The predicted octanol–water partition coefficient (Wildman–Crippen LogP) is 7.94. The summed E-state index contributed by atoms with van der Waals surface area (Å²) in [5, 5.41) is 0. The lowest BCUT2D eigenvalue weighted by molar-refractivity contribution is -0.154. The SMILES string of the molecule is C=CCOC(=O)C(CC(C)[C@H]1CC[C@H]2[C@@H]3CC=C4CCCC[C@]4(C)[C@H]3CC[C@]12C)OC(=O)c1ccccc1. The van der Waals surface area contributed by atoms with Crippen molar-refractivity contribution in [3.05, 3.63) is 60.2 Å². The van der Waals surface area contributed by atoms with Crippen LogP contribution < -0.4 is 0 Å². The Balaban J connectivity index is 1.31. The number of fused-ring (bicyclic) bond motifs is 5. The van der Waals surface area contributed by atoms with Crippen LogP contribution in [0.3, 0.4) is 0 Å². The molecule has 0 amide bonds. The molecule has 3 fully saturated rings. The number of hydrogen-bond donors (Lipinski definition) is 0. The molecule has 4 aliphatic rings. The molecule has 206 valence electrons. The molecule has 8 atom stereocenters. The van der Waals surface area contributed by atoms with Crippen LogP contribution in [0.25, 0.3) is 0 Å². The standard InChI is InChI=1S/C34H46O4/c1-5-21-37-32(36)30(38-31(35)24-11-7-6-8-12-24)22-23(2)27-16-17-28-26-15-14-25-13-9-10-19-33(25,3)29(26)18-20-34(27,28)4/h5-8,11-12,14,23,26-30H,1,9-10,13,15-22H2,2-4H3/t23?,26-,27+,28-,29-,30?,33-,34+/m0/s1. The quantitative estimate of drug-likeness (QED) is 0.259. The van der Waals surface area contributed by atoms with E-state index in [-0.39, 0.29) is 17.9 Å². The van der Waals surface area contributed by atoms with Crippen molar-refractivity contribution in [2.75, 3.05) is 6.61 Å². The lowest BCUT2D eigenvalue weighted by Crippen LogP contribution is -2.50. The molecule has 0 bridgehead atoms. The Hall–Kier alpha value is -2.36. The summed E-state index contributed by atoms with van der Waals surface area (Å²) in [6.07, 6.45) is 15.5. The number of allylic oxidation sites excluding steroid dienone is 2. The second-order valence-corrected chi connectivity index (χ2v) is 13.1. The van der Waals surface area contributed by atoms with E-state index >= 15 is 0 Å². The van der Waals surface area contributed by atoms with Gasteiger partial charge in [-0.15, -0.1) is 0 Å². The minimum Gasteiger partial charge on any atom is -0.459 e. The Morgan fingerprint density at radius 1 is 1.08 bits per heavy atom. The maximum Gasteiger partial charge on any atom is 0.347 e. The number of carbonyl (C=O) groups excluding carboxylic acids is 2. The minimum atomic E-state index is -0.905. The van der Waals surface area contributed by atoms with E-state index in [1.165, 1.54) is 57.8 Å². The van der Waals surface area contributed by atoms with E-state index in [2.05, 4.69) is 33.4 Å². The molecule has 3 saturated carbocycles. The van der Waals surface area contributed by atoms with Crippen molar-refractivity contribution in [2.24, 2.45) is 40.4 Å². The lowest BCUT2D eigenvalue weighted by atomic mass is 9.47. The average molecular weight is 519 g/mol. The highest BCUT2D eigenvalue weighted by Crippen LogP contribution is 2.67. The summed E-state index contributed by atoms with van der Waals surface area (Å²) < 4.78 is 11.2. The molecule has 4 aliphatic carbocycles. The van der Waals surface area contributed by atoms with Crippen molar-refractivity contribution >= 4 is 11.9 Å². The van der Waals surface area contributed by atoms with Crippen LogP contribution in [0.2, 0.25) is 0 Å². The van der Waals surface area contributed by atoms with E-state index in [1.807, 2.05) is 6.07 Å². The zero-order valence-electron chi connectivity index (χ0n) is 23.6.